The highest BCUT2D eigenvalue weighted by molar-refractivity contribution is 9.10. The highest BCUT2D eigenvalue weighted by atomic mass is 79.9. The number of halogens is 1. The average Bonchev–Trinajstić information content (AvgIpc) is 2.69. The molecule has 0 N–H and O–H groups in total. The maximum Gasteiger partial charge on any atom is 0.262 e. The summed E-state index contributed by atoms with van der Waals surface area (Å²) in [6.07, 6.45) is 0.812. The first-order chi connectivity index (χ1) is 13.0. The molecule has 0 atom stereocenters. The van der Waals surface area contributed by atoms with Crippen molar-refractivity contribution in [3.63, 3.8) is 0 Å². The Morgan fingerprint density at radius 3 is 2.67 bits per heavy atom. The van der Waals surface area contributed by atoms with Crippen LogP contribution in [0, 0.1) is 0 Å². The van der Waals surface area contributed by atoms with Gasteiger partial charge in [0, 0.05) is 23.8 Å². The first kappa shape index (κ1) is 19.6. The summed E-state index contributed by atoms with van der Waals surface area (Å²) in [5, 5.41) is 1.15. The fraction of sp³-hybridized carbons (Fsp3) is 0.250. The molecule has 27 heavy (non-hydrogen) atoms. The topological polar surface area (TPSA) is 55.2 Å². The molecule has 1 aromatic heterocycles. The lowest BCUT2D eigenvalue weighted by molar-refractivity contribution is -0.115. The smallest absolute Gasteiger partial charge is 0.262 e. The molecule has 0 aliphatic heterocycles. The number of nitrogens with zero attached hydrogens (tertiary/aromatic N) is 3. The van der Waals surface area contributed by atoms with Crippen LogP contribution in [0.1, 0.15) is 13.3 Å². The van der Waals surface area contributed by atoms with Crippen molar-refractivity contribution in [1.82, 2.24) is 9.55 Å². The van der Waals surface area contributed by atoms with Crippen LogP contribution in [-0.4, -0.2) is 28.3 Å². The lowest BCUT2D eigenvalue weighted by Gasteiger charge is -2.18. The second-order valence-corrected chi connectivity index (χ2v) is 7.95. The summed E-state index contributed by atoms with van der Waals surface area (Å²) in [4.78, 5) is 31.7. The Hall–Kier alpha value is -2.12. The Morgan fingerprint density at radius 1 is 1.22 bits per heavy atom. The normalized spacial score (nSPS) is 10.9. The molecule has 0 aliphatic rings. The van der Waals surface area contributed by atoms with Crippen molar-refractivity contribution in [2.75, 3.05) is 17.7 Å². The van der Waals surface area contributed by atoms with E-state index in [1.54, 1.807) is 22.6 Å². The Balaban J connectivity index is 1.87. The summed E-state index contributed by atoms with van der Waals surface area (Å²) in [6, 6.07) is 15.0. The maximum atomic E-state index is 12.9. The second-order valence-electron chi connectivity index (χ2n) is 6.09. The van der Waals surface area contributed by atoms with Crippen LogP contribution in [0.25, 0.3) is 10.9 Å². The van der Waals surface area contributed by atoms with Gasteiger partial charge in [-0.1, -0.05) is 52.8 Å². The molecular weight excluding hydrogens is 426 g/mol. The van der Waals surface area contributed by atoms with Gasteiger partial charge in [-0.2, -0.15) is 0 Å². The zero-order valence-electron chi connectivity index (χ0n) is 15.2. The van der Waals surface area contributed by atoms with Gasteiger partial charge in [-0.15, -0.1) is 0 Å². The number of rotatable bonds is 6. The monoisotopic (exact) mass is 445 g/mol. The molecular formula is C20H20BrN3O2S. The van der Waals surface area contributed by atoms with Crippen LogP contribution in [-0.2, 0) is 11.3 Å². The molecule has 1 heterocycles. The van der Waals surface area contributed by atoms with Gasteiger partial charge in [-0.3, -0.25) is 14.2 Å². The van der Waals surface area contributed by atoms with Gasteiger partial charge in [0.2, 0.25) is 5.91 Å². The van der Waals surface area contributed by atoms with E-state index in [0.29, 0.717) is 22.6 Å². The minimum atomic E-state index is -0.0745. The lowest BCUT2D eigenvalue weighted by Crippen LogP contribution is -2.29. The highest BCUT2D eigenvalue weighted by Crippen LogP contribution is 2.22. The van der Waals surface area contributed by atoms with Crippen molar-refractivity contribution in [1.29, 1.82) is 0 Å². The van der Waals surface area contributed by atoms with E-state index in [1.165, 1.54) is 11.8 Å². The van der Waals surface area contributed by atoms with Crippen molar-refractivity contribution < 1.29 is 4.79 Å². The zero-order chi connectivity index (χ0) is 19.4. The van der Waals surface area contributed by atoms with E-state index in [0.717, 1.165) is 16.6 Å². The average molecular weight is 446 g/mol. The van der Waals surface area contributed by atoms with E-state index in [4.69, 9.17) is 0 Å². The second kappa shape index (κ2) is 8.71. The molecule has 7 heteroatoms. The number of hydrogen-bond donors (Lipinski definition) is 0. The van der Waals surface area contributed by atoms with Crippen LogP contribution in [0.15, 0.2) is 63.0 Å². The van der Waals surface area contributed by atoms with E-state index >= 15 is 0 Å². The van der Waals surface area contributed by atoms with Crippen molar-refractivity contribution in [2.24, 2.45) is 0 Å². The number of carbonyl (C=O) groups is 1. The predicted molar refractivity (Wildman–Crippen MR) is 115 cm³/mol. The number of hydrogen-bond acceptors (Lipinski definition) is 4. The van der Waals surface area contributed by atoms with Crippen LogP contribution in [0.3, 0.4) is 0 Å². The van der Waals surface area contributed by atoms with E-state index in [1.807, 2.05) is 49.4 Å². The maximum absolute atomic E-state index is 12.9. The summed E-state index contributed by atoms with van der Waals surface area (Å²) in [7, 11) is 1.75. The molecule has 1 amide bonds. The van der Waals surface area contributed by atoms with Gasteiger partial charge in [-0.05, 0) is 36.8 Å². The number of para-hydroxylation sites is 1. The molecule has 0 radical (unpaired) electrons. The predicted octanol–water partition coefficient (Wildman–Crippen LogP) is 4.32. The molecule has 0 spiro atoms. The van der Waals surface area contributed by atoms with Crippen LogP contribution in [0.4, 0.5) is 5.69 Å². The summed E-state index contributed by atoms with van der Waals surface area (Å²) < 4.78 is 2.51. The van der Waals surface area contributed by atoms with Crippen LogP contribution >= 0.6 is 27.7 Å². The largest absolute Gasteiger partial charge is 0.315 e. The highest BCUT2D eigenvalue weighted by Gasteiger charge is 2.16. The molecule has 0 fully saturated rings. The van der Waals surface area contributed by atoms with Gasteiger partial charge >= 0.3 is 0 Å². The van der Waals surface area contributed by atoms with E-state index in [2.05, 4.69) is 20.9 Å². The third kappa shape index (κ3) is 4.42. The molecule has 0 bridgehead atoms. The van der Waals surface area contributed by atoms with E-state index in [9.17, 15) is 9.59 Å². The third-order valence-corrected chi connectivity index (χ3v) is 5.63. The quantitative estimate of drug-likeness (QED) is 0.418. The lowest BCUT2D eigenvalue weighted by atomic mass is 10.2. The molecule has 3 rings (SSSR count). The van der Waals surface area contributed by atoms with Crippen molar-refractivity contribution in [3.8, 4) is 0 Å². The van der Waals surface area contributed by atoms with Crippen LogP contribution in [0.5, 0.6) is 0 Å². The number of fused-ring (bicyclic) bond motifs is 1. The number of benzene rings is 2. The summed E-state index contributed by atoms with van der Waals surface area (Å²) in [5.74, 6) is 0.170. The number of amides is 1. The molecule has 2 aromatic carbocycles. The van der Waals surface area contributed by atoms with Gasteiger partial charge < -0.3 is 4.90 Å². The Kier molecular flexibility index (Phi) is 6.34. The van der Waals surface area contributed by atoms with Gasteiger partial charge in [0.1, 0.15) is 0 Å². The number of aromatic nitrogens is 2. The van der Waals surface area contributed by atoms with Gasteiger partial charge in [0.25, 0.3) is 5.56 Å². The molecule has 0 saturated carbocycles. The van der Waals surface area contributed by atoms with E-state index < -0.39 is 0 Å². The molecule has 0 unspecified atom stereocenters. The summed E-state index contributed by atoms with van der Waals surface area (Å²) in [5.41, 5.74) is 1.40. The van der Waals surface area contributed by atoms with Crippen molar-refractivity contribution in [2.45, 2.75) is 25.0 Å². The van der Waals surface area contributed by atoms with Crippen LogP contribution in [0.2, 0.25) is 0 Å². The molecule has 0 saturated heterocycles. The SMILES string of the molecule is CCCn1c(SCC(=O)N(C)c2ccccc2)nc2ccc(Br)cc2c1=O. The first-order valence-corrected chi connectivity index (χ1v) is 10.4. The van der Waals surface area contributed by atoms with Crippen molar-refractivity contribution >= 4 is 50.2 Å². The Labute approximate surface area is 170 Å². The molecule has 0 aliphatic carbocycles. The number of thioether (sulfide) groups is 1. The third-order valence-electron chi connectivity index (χ3n) is 4.17. The van der Waals surface area contributed by atoms with Gasteiger partial charge in [0.05, 0.1) is 16.7 Å². The van der Waals surface area contributed by atoms with Gasteiger partial charge in [0.15, 0.2) is 5.16 Å². The molecule has 140 valence electrons. The number of anilines is 1. The molecule has 5 nitrogen and oxygen atoms in total. The minimum absolute atomic E-state index is 0.0422. The van der Waals surface area contributed by atoms with Crippen LogP contribution < -0.4 is 10.5 Å². The minimum Gasteiger partial charge on any atom is -0.315 e. The summed E-state index contributed by atoms with van der Waals surface area (Å²) >= 11 is 4.71. The van der Waals surface area contributed by atoms with E-state index in [-0.39, 0.29) is 17.2 Å². The van der Waals surface area contributed by atoms with Gasteiger partial charge in [-0.25, -0.2) is 4.98 Å². The van der Waals surface area contributed by atoms with Crippen molar-refractivity contribution in [3.05, 3.63) is 63.4 Å². The summed E-state index contributed by atoms with van der Waals surface area (Å²) in [6.45, 7) is 2.58. The number of carbonyl (C=O) groups excluding carboxylic acids is 1. The first-order valence-electron chi connectivity index (χ1n) is 8.65. The zero-order valence-corrected chi connectivity index (χ0v) is 17.6. The fourth-order valence-electron chi connectivity index (χ4n) is 2.72. The fourth-order valence-corrected chi connectivity index (χ4v) is 4.02. The Morgan fingerprint density at radius 2 is 1.96 bits per heavy atom. The standard InChI is InChI=1S/C20H20BrN3O2S/c1-3-11-24-19(26)16-12-14(21)9-10-17(16)22-20(24)27-13-18(25)23(2)15-7-5-4-6-8-15/h4-10,12H,3,11,13H2,1-2H3. The Bertz CT molecular complexity index is 1020. The molecule has 3 aromatic rings.